The van der Waals surface area contributed by atoms with E-state index in [1.54, 1.807) is 0 Å². The number of aliphatic carboxylic acids is 1. The van der Waals surface area contributed by atoms with Crippen LogP contribution in [0.5, 0.6) is 0 Å². The lowest BCUT2D eigenvalue weighted by Crippen LogP contribution is -2.68. The molecule has 3 aliphatic heterocycles. The number of hydroxylamine groups is 2. The molecule has 0 radical (unpaired) electrons. The fourth-order valence-corrected chi connectivity index (χ4v) is 3.85. The molecule has 0 aromatic carbocycles. The molecule has 2 saturated heterocycles. The molecule has 0 spiro atoms. The van der Waals surface area contributed by atoms with Gasteiger partial charge >= 0.3 is 5.97 Å². The van der Waals surface area contributed by atoms with Gasteiger partial charge in [0.05, 0.1) is 6.54 Å². The predicted octanol–water partition coefficient (Wildman–Crippen LogP) is -0.885. The van der Waals surface area contributed by atoms with Crippen molar-refractivity contribution in [1.29, 1.82) is 0 Å². The average Bonchev–Trinajstić information content (AvgIpc) is 2.77. The van der Waals surface area contributed by atoms with Gasteiger partial charge in [-0.25, -0.2) is 9.86 Å². The minimum absolute atomic E-state index is 0.123. The van der Waals surface area contributed by atoms with Crippen molar-refractivity contribution < 1.29 is 24.7 Å². The highest BCUT2D eigenvalue weighted by Gasteiger charge is 2.51. The second-order valence-corrected chi connectivity index (χ2v) is 6.07. The Morgan fingerprint density at radius 2 is 2.14 bits per heavy atom. The smallest absolute Gasteiger partial charge is 0.352 e. The predicted molar refractivity (Wildman–Crippen MR) is 71.9 cm³/mol. The van der Waals surface area contributed by atoms with Gasteiger partial charge in [-0.2, -0.15) is 0 Å². The highest BCUT2D eigenvalue weighted by Crippen LogP contribution is 2.40. The van der Waals surface area contributed by atoms with Gasteiger partial charge in [0.25, 0.3) is 5.91 Å². The zero-order chi connectivity index (χ0) is 15.3. The van der Waals surface area contributed by atoms with Gasteiger partial charge in [0, 0.05) is 11.3 Å². The number of β-lactam (4-membered cyclic amide) rings is 1. The Labute approximate surface area is 123 Å². The minimum Gasteiger partial charge on any atom is -0.477 e. The van der Waals surface area contributed by atoms with Crippen LogP contribution in [0.3, 0.4) is 0 Å². The molecule has 2 fully saturated rings. The van der Waals surface area contributed by atoms with Gasteiger partial charge in [-0.15, -0.1) is 11.8 Å². The number of carboxylic acids is 1. The Bertz CT molecular complexity index is 614. The topological polar surface area (TPSA) is 124 Å². The highest BCUT2D eigenvalue weighted by atomic mass is 32.2. The molecule has 0 aromatic rings. The summed E-state index contributed by atoms with van der Waals surface area (Å²) in [5.74, 6) is -1.84. The second-order valence-electron chi connectivity index (χ2n) is 4.96. The minimum atomic E-state index is -1.22. The number of fused-ring (bicyclic) bond motifs is 1. The molecule has 0 aromatic heterocycles. The van der Waals surface area contributed by atoms with E-state index in [4.69, 9.17) is 5.73 Å². The first-order chi connectivity index (χ1) is 9.91. The molecule has 0 unspecified atom stereocenters. The lowest BCUT2D eigenvalue weighted by Gasteiger charge is -2.47. The number of carbonyl (C=O) groups is 3. The van der Waals surface area contributed by atoms with Gasteiger partial charge in [-0.3, -0.25) is 19.7 Å². The van der Waals surface area contributed by atoms with Gasteiger partial charge in [0.15, 0.2) is 0 Å². The van der Waals surface area contributed by atoms with Crippen LogP contribution in [0.1, 0.15) is 6.42 Å². The normalized spacial score (nSPS) is 30.9. The molecule has 2 atom stereocenters. The van der Waals surface area contributed by atoms with Crippen molar-refractivity contribution in [3.05, 3.63) is 22.9 Å². The molecular formula is C12H13N3O5S. The summed E-state index contributed by atoms with van der Waals surface area (Å²) < 4.78 is 0. The molecule has 4 N–H and O–H groups in total. The Balaban J connectivity index is 1.99. The second kappa shape index (κ2) is 4.86. The molecule has 8 nitrogen and oxygen atoms in total. The van der Waals surface area contributed by atoms with Crippen LogP contribution >= 0.6 is 11.8 Å². The summed E-state index contributed by atoms with van der Waals surface area (Å²) in [4.78, 5) is 36.0. The van der Waals surface area contributed by atoms with Gasteiger partial charge in [-0.05, 0) is 18.1 Å². The number of thioether (sulfide) groups is 1. The summed E-state index contributed by atoms with van der Waals surface area (Å²) in [7, 11) is 0. The summed E-state index contributed by atoms with van der Waals surface area (Å²) in [6, 6.07) is -0.681. The van der Waals surface area contributed by atoms with Crippen LogP contribution in [-0.2, 0) is 14.4 Å². The lowest BCUT2D eigenvalue weighted by molar-refractivity contribution is -0.154. The van der Waals surface area contributed by atoms with Gasteiger partial charge in [0.2, 0.25) is 5.91 Å². The monoisotopic (exact) mass is 311 g/mol. The van der Waals surface area contributed by atoms with Crippen molar-refractivity contribution in [2.24, 2.45) is 5.73 Å². The number of nitrogens with two attached hydrogens (primary N) is 1. The molecule has 112 valence electrons. The first-order valence-electron chi connectivity index (χ1n) is 6.30. The molecule has 0 bridgehead atoms. The Morgan fingerprint density at radius 3 is 2.71 bits per heavy atom. The van der Waals surface area contributed by atoms with Crippen molar-refractivity contribution in [3.63, 3.8) is 0 Å². The molecular weight excluding hydrogens is 298 g/mol. The van der Waals surface area contributed by atoms with E-state index in [1.807, 2.05) is 0 Å². The van der Waals surface area contributed by atoms with Crippen molar-refractivity contribution in [2.75, 3.05) is 12.3 Å². The van der Waals surface area contributed by atoms with E-state index in [0.717, 1.165) is 0 Å². The van der Waals surface area contributed by atoms with Gasteiger partial charge < -0.3 is 10.8 Å². The van der Waals surface area contributed by atoms with Crippen molar-refractivity contribution in [3.8, 4) is 0 Å². The maximum atomic E-state index is 11.8. The fourth-order valence-electron chi connectivity index (χ4n) is 2.60. The van der Waals surface area contributed by atoms with Crippen LogP contribution in [0.2, 0.25) is 0 Å². The fraction of sp³-hybridized carbons (Fsp3) is 0.417. The number of hydrogen-bond donors (Lipinski definition) is 3. The zero-order valence-electron chi connectivity index (χ0n) is 10.9. The van der Waals surface area contributed by atoms with Crippen LogP contribution in [-0.4, -0.2) is 61.8 Å². The zero-order valence-corrected chi connectivity index (χ0v) is 11.7. The van der Waals surface area contributed by atoms with Crippen LogP contribution in [0.4, 0.5) is 0 Å². The summed E-state index contributed by atoms with van der Waals surface area (Å²) in [5, 5.41) is 18.9. The third-order valence-electron chi connectivity index (χ3n) is 3.69. The summed E-state index contributed by atoms with van der Waals surface area (Å²) in [6.45, 7) is 0.184. The Kier molecular flexibility index (Phi) is 3.27. The van der Waals surface area contributed by atoms with Crippen molar-refractivity contribution >= 4 is 29.5 Å². The van der Waals surface area contributed by atoms with E-state index in [2.05, 4.69) is 0 Å². The maximum Gasteiger partial charge on any atom is 0.352 e. The van der Waals surface area contributed by atoms with Crippen molar-refractivity contribution in [2.45, 2.75) is 17.8 Å². The number of carbonyl (C=O) groups excluding carboxylic acids is 2. The van der Waals surface area contributed by atoms with E-state index in [1.165, 1.54) is 22.7 Å². The van der Waals surface area contributed by atoms with E-state index in [9.17, 15) is 24.7 Å². The lowest BCUT2D eigenvalue weighted by atomic mass is 10.0. The highest BCUT2D eigenvalue weighted by molar-refractivity contribution is 8.00. The molecule has 3 heterocycles. The van der Waals surface area contributed by atoms with E-state index >= 15 is 0 Å². The van der Waals surface area contributed by atoms with Crippen LogP contribution in [0, 0.1) is 0 Å². The molecule has 3 aliphatic rings. The Morgan fingerprint density at radius 1 is 1.43 bits per heavy atom. The van der Waals surface area contributed by atoms with E-state index in [0.29, 0.717) is 28.4 Å². The number of amides is 2. The summed E-state index contributed by atoms with van der Waals surface area (Å²) >= 11 is 1.37. The quantitative estimate of drug-likeness (QED) is 0.343. The number of allylic oxidation sites excluding steroid dienone is 1. The number of rotatable bonds is 2. The number of hydrogen-bond acceptors (Lipinski definition) is 6. The first-order valence-corrected chi connectivity index (χ1v) is 7.34. The molecule has 3 rings (SSSR count). The number of nitrogens with zero attached hydrogens (tertiary/aromatic N) is 2. The standard InChI is InChI=1S/C12H13N3O5S/c13-7-10(17)15-8(12(18)19)6(4-21-11(7)15)3-5-1-2-14(20)9(5)16/h3,7,11,20H,1-2,4,13H2,(H,18,19)/b5-3+/t7-,11-/m1/s1. The molecule has 21 heavy (non-hydrogen) atoms. The summed E-state index contributed by atoms with van der Waals surface area (Å²) in [6.07, 6.45) is 1.80. The third-order valence-corrected chi connectivity index (χ3v) is 5.02. The largest absolute Gasteiger partial charge is 0.477 e. The van der Waals surface area contributed by atoms with E-state index < -0.39 is 23.8 Å². The van der Waals surface area contributed by atoms with Crippen molar-refractivity contribution in [1.82, 2.24) is 9.96 Å². The maximum absolute atomic E-state index is 11.8. The van der Waals surface area contributed by atoms with Crippen LogP contribution in [0.15, 0.2) is 22.9 Å². The van der Waals surface area contributed by atoms with Gasteiger partial charge in [0.1, 0.15) is 17.1 Å². The Hall–Kier alpha value is -1.84. The number of carboxylic acid groups (broad SMARTS) is 1. The first kappa shape index (κ1) is 14.1. The van der Waals surface area contributed by atoms with Crippen LogP contribution < -0.4 is 5.73 Å². The molecule has 9 heteroatoms. The summed E-state index contributed by atoms with van der Waals surface area (Å²) in [5.41, 5.74) is 6.26. The van der Waals surface area contributed by atoms with Gasteiger partial charge in [-0.1, -0.05) is 0 Å². The van der Waals surface area contributed by atoms with Crippen LogP contribution in [0.25, 0.3) is 0 Å². The van der Waals surface area contributed by atoms with E-state index in [-0.39, 0.29) is 17.6 Å². The molecule has 0 saturated carbocycles. The third kappa shape index (κ3) is 2.04. The molecule has 0 aliphatic carbocycles. The molecule has 2 amide bonds. The SMILES string of the molecule is N[C@@H]1C(=O)N2C(C(=O)O)=C(/C=C3\CCN(O)C3=O)CS[C@H]12. The average molecular weight is 311 g/mol.